The number of nitrogens with one attached hydrogen (secondary N) is 1. The van der Waals surface area contributed by atoms with E-state index >= 15 is 0 Å². The van der Waals surface area contributed by atoms with Gasteiger partial charge in [0.25, 0.3) is 0 Å². The van der Waals surface area contributed by atoms with E-state index in [2.05, 4.69) is 44.9 Å². The largest absolute Gasteiger partial charge is 0.352 e. The van der Waals surface area contributed by atoms with Crippen molar-refractivity contribution >= 4 is 5.91 Å². The van der Waals surface area contributed by atoms with Gasteiger partial charge in [-0.3, -0.25) is 9.78 Å². The molecule has 0 aliphatic rings. The second kappa shape index (κ2) is 11.0. The molecule has 0 saturated carbocycles. The number of nitrogens with zero attached hydrogens (tertiary/aromatic N) is 4. The molecule has 0 spiro atoms. The van der Waals surface area contributed by atoms with Crippen LogP contribution in [-0.2, 0) is 17.8 Å². The Bertz CT molecular complexity index is 1130. The van der Waals surface area contributed by atoms with Crippen LogP contribution in [0.25, 0.3) is 16.8 Å². The molecule has 2 aromatic carbocycles. The third-order valence-electron chi connectivity index (χ3n) is 5.33. The number of amides is 1. The van der Waals surface area contributed by atoms with Crippen molar-refractivity contribution in [2.75, 3.05) is 0 Å². The average Bonchev–Trinajstić information content (AvgIpc) is 3.32. The molecular formula is C26H27N5O. The van der Waals surface area contributed by atoms with Crippen molar-refractivity contribution in [1.29, 1.82) is 0 Å². The smallest absolute Gasteiger partial charge is 0.220 e. The van der Waals surface area contributed by atoms with E-state index in [1.54, 1.807) is 12.4 Å². The maximum Gasteiger partial charge on any atom is 0.220 e. The minimum atomic E-state index is 0.0808. The molecule has 0 aliphatic heterocycles. The van der Waals surface area contributed by atoms with Crippen LogP contribution in [0.4, 0.5) is 0 Å². The van der Waals surface area contributed by atoms with E-state index in [1.807, 2.05) is 53.3 Å². The average molecular weight is 426 g/mol. The summed E-state index contributed by atoms with van der Waals surface area (Å²) >= 11 is 0. The van der Waals surface area contributed by atoms with E-state index in [0.29, 0.717) is 13.0 Å². The molecule has 1 amide bonds. The Kier molecular flexibility index (Phi) is 7.37. The fourth-order valence-electron chi connectivity index (χ4n) is 3.63. The van der Waals surface area contributed by atoms with E-state index in [9.17, 15) is 4.79 Å². The van der Waals surface area contributed by atoms with E-state index in [1.165, 1.54) is 0 Å². The highest BCUT2D eigenvalue weighted by molar-refractivity contribution is 5.75. The minimum absolute atomic E-state index is 0.0808. The summed E-state index contributed by atoms with van der Waals surface area (Å²) in [6.07, 6.45) is 9.72. The summed E-state index contributed by atoms with van der Waals surface area (Å²) in [6, 6.07) is 22.3. The first-order valence-corrected chi connectivity index (χ1v) is 11.0. The summed E-state index contributed by atoms with van der Waals surface area (Å²) in [5.41, 5.74) is 5.28. The van der Waals surface area contributed by atoms with Gasteiger partial charge in [0, 0.05) is 30.9 Å². The molecule has 0 radical (unpaired) electrons. The van der Waals surface area contributed by atoms with Crippen molar-refractivity contribution in [3.63, 3.8) is 0 Å². The summed E-state index contributed by atoms with van der Waals surface area (Å²) in [4.78, 5) is 16.1. The van der Waals surface area contributed by atoms with Gasteiger partial charge in [-0.15, -0.1) is 5.10 Å². The van der Waals surface area contributed by atoms with E-state index in [-0.39, 0.29) is 5.91 Å². The molecule has 0 atom stereocenters. The first-order valence-electron chi connectivity index (χ1n) is 11.0. The van der Waals surface area contributed by atoms with Gasteiger partial charge in [0.1, 0.15) is 0 Å². The van der Waals surface area contributed by atoms with Crippen LogP contribution in [0.2, 0.25) is 0 Å². The Hall–Kier alpha value is -3.80. The molecule has 0 fully saturated rings. The lowest BCUT2D eigenvalue weighted by Gasteiger charge is -2.08. The number of aromatic nitrogens is 4. The van der Waals surface area contributed by atoms with Gasteiger partial charge in [-0.2, -0.15) is 0 Å². The van der Waals surface area contributed by atoms with E-state index in [4.69, 9.17) is 0 Å². The first kappa shape index (κ1) is 21.4. The van der Waals surface area contributed by atoms with Crippen molar-refractivity contribution in [2.24, 2.45) is 0 Å². The van der Waals surface area contributed by atoms with Crippen LogP contribution in [0.15, 0.2) is 85.3 Å². The lowest BCUT2D eigenvalue weighted by Crippen LogP contribution is -2.22. The standard InChI is InChI=1S/C26H27N5O/c32-26(28-19-21-10-9-17-27-18-21)16-6-2-5-13-23-20-31(30-29-23)25-15-8-7-14-24(25)22-11-3-1-4-12-22/h1,3-4,7-12,14-15,17-18,20H,2,5-6,13,16,19H2,(H,28,32). The molecule has 32 heavy (non-hydrogen) atoms. The van der Waals surface area contributed by atoms with Gasteiger partial charge >= 0.3 is 0 Å². The second-order valence-corrected chi connectivity index (χ2v) is 7.74. The Labute approximate surface area is 188 Å². The summed E-state index contributed by atoms with van der Waals surface area (Å²) in [7, 11) is 0. The zero-order chi connectivity index (χ0) is 22.0. The quantitative estimate of drug-likeness (QED) is 0.372. The maximum absolute atomic E-state index is 12.0. The molecular weight excluding hydrogens is 398 g/mol. The lowest BCUT2D eigenvalue weighted by atomic mass is 10.0. The number of unbranched alkanes of at least 4 members (excludes halogenated alkanes) is 2. The number of carbonyl (C=O) groups is 1. The molecule has 6 heteroatoms. The molecule has 2 aromatic heterocycles. The fraction of sp³-hybridized carbons (Fsp3) is 0.231. The van der Waals surface area contributed by atoms with Crippen LogP contribution in [0, 0.1) is 0 Å². The monoisotopic (exact) mass is 425 g/mol. The van der Waals surface area contributed by atoms with Gasteiger partial charge in [-0.1, -0.05) is 66.2 Å². The maximum atomic E-state index is 12.0. The van der Waals surface area contributed by atoms with Crippen LogP contribution in [0.1, 0.15) is 36.9 Å². The molecule has 162 valence electrons. The van der Waals surface area contributed by atoms with Crippen molar-refractivity contribution in [3.8, 4) is 16.8 Å². The fourth-order valence-corrected chi connectivity index (χ4v) is 3.63. The van der Waals surface area contributed by atoms with Gasteiger partial charge < -0.3 is 5.32 Å². The van der Waals surface area contributed by atoms with E-state index in [0.717, 1.165) is 53.8 Å². The zero-order valence-corrected chi connectivity index (χ0v) is 18.0. The van der Waals surface area contributed by atoms with Gasteiger partial charge in [0.2, 0.25) is 5.91 Å². The summed E-state index contributed by atoms with van der Waals surface area (Å²) in [5.74, 6) is 0.0808. The number of hydrogen-bond acceptors (Lipinski definition) is 4. The van der Waals surface area contributed by atoms with Crippen molar-refractivity contribution in [3.05, 3.63) is 96.6 Å². The first-order chi connectivity index (χ1) is 15.8. The Morgan fingerprint density at radius 1 is 0.906 bits per heavy atom. The molecule has 1 N–H and O–H groups in total. The molecule has 4 aromatic rings. The van der Waals surface area contributed by atoms with Crippen LogP contribution in [0.5, 0.6) is 0 Å². The van der Waals surface area contributed by atoms with Crippen LogP contribution >= 0.6 is 0 Å². The Balaban J connectivity index is 1.23. The van der Waals surface area contributed by atoms with Crippen molar-refractivity contribution in [2.45, 2.75) is 38.6 Å². The van der Waals surface area contributed by atoms with E-state index < -0.39 is 0 Å². The van der Waals surface area contributed by atoms with Crippen LogP contribution < -0.4 is 5.32 Å². The number of carbonyl (C=O) groups excluding carboxylic acids is 1. The molecule has 0 aliphatic carbocycles. The minimum Gasteiger partial charge on any atom is -0.352 e. The highest BCUT2D eigenvalue weighted by Gasteiger charge is 2.09. The Morgan fingerprint density at radius 3 is 2.59 bits per heavy atom. The highest BCUT2D eigenvalue weighted by Crippen LogP contribution is 2.26. The summed E-state index contributed by atoms with van der Waals surface area (Å²) in [5, 5.41) is 11.6. The molecule has 0 bridgehead atoms. The molecule has 0 unspecified atom stereocenters. The SMILES string of the molecule is O=C(CCCCCc1cn(-c2ccccc2-c2ccccc2)nn1)NCc1cccnc1. The number of benzene rings is 2. The third-order valence-corrected chi connectivity index (χ3v) is 5.33. The van der Waals surface area contributed by atoms with Crippen molar-refractivity contribution in [1.82, 2.24) is 25.3 Å². The number of para-hydroxylation sites is 1. The van der Waals surface area contributed by atoms with Gasteiger partial charge in [-0.05, 0) is 42.5 Å². The zero-order valence-electron chi connectivity index (χ0n) is 18.0. The third kappa shape index (κ3) is 5.88. The van der Waals surface area contributed by atoms with Gasteiger partial charge in [0.05, 0.1) is 17.6 Å². The van der Waals surface area contributed by atoms with Crippen molar-refractivity contribution < 1.29 is 4.79 Å². The molecule has 2 heterocycles. The Morgan fingerprint density at radius 2 is 1.75 bits per heavy atom. The lowest BCUT2D eigenvalue weighted by molar-refractivity contribution is -0.121. The normalized spacial score (nSPS) is 10.8. The number of rotatable bonds is 10. The number of pyridine rings is 1. The van der Waals surface area contributed by atoms with Crippen LogP contribution in [0.3, 0.4) is 0 Å². The topological polar surface area (TPSA) is 72.7 Å². The number of aryl methyl sites for hydroxylation is 1. The predicted molar refractivity (Wildman–Crippen MR) is 125 cm³/mol. The molecule has 6 nitrogen and oxygen atoms in total. The van der Waals surface area contributed by atoms with Gasteiger partial charge in [0.15, 0.2) is 0 Å². The van der Waals surface area contributed by atoms with Crippen LogP contribution in [-0.4, -0.2) is 25.9 Å². The second-order valence-electron chi connectivity index (χ2n) is 7.74. The molecule has 0 saturated heterocycles. The highest BCUT2D eigenvalue weighted by atomic mass is 16.1. The predicted octanol–water partition coefficient (Wildman–Crippen LogP) is 4.75. The van der Waals surface area contributed by atoms with Gasteiger partial charge in [-0.25, -0.2) is 4.68 Å². The molecule has 4 rings (SSSR count). The number of hydrogen-bond donors (Lipinski definition) is 1. The summed E-state index contributed by atoms with van der Waals surface area (Å²) < 4.78 is 1.85. The summed E-state index contributed by atoms with van der Waals surface area (Å²) in [6.45, 7) is 0.528.